The minimum Gasteiger partial charge on any atom is -0.492 e. The number of nitrogens with two attached hydrogens (primary N) is 1. The zero-order valence-corrected chi connectivity index (χ0v) is 9.60. The van der Waals surface area contributed by atoms with Gasteiger partial charge in [-0.15, -0.1) is 0 Å². The van der Waals surface area contributed by atoms with Crippen LogP contribution >= 0.6 is 0 Å². The summed E-state index contributed by atoms with van der Waals surface area (Å²) in [6.07, 6.45) is 0. The first-order valence-corrected chi connectivity index (χ1v) is 5.45. The van der Waals surface area contributed by atoms with E-state index in [0.29, 0.717) is 12.5 Å². The van der Waals surface area contributed by atoms with Crippen molar-refractivity contribution in [3.8, 4) is 17.2 Å². The molecule has 0 bridgehead atoms. The summed E-state index contributed by atoms with van der Waals surface area (Å²) >= 11 is 0. The molecule has 0 spiro atoms. The van der Waals surface area contributed by atoms with Crippen molar-refractivity contribution in [1.29, 1.82) is 0 Å². The molecule has 0 aromatic heterocycles. The van der Waals surface area contributed by atoms with Crippen molar-refractivity contribution >= 4 is 0 Å². The highest BCUT2D eigenvalue weighted by Gasteiger charge is 2.14. The summed E-state index contributed by atoms with van der Waals surface area (Å²) in [5.41, 5.74) is 5.90. The lowest BCUT2D eigenvalue weighted by Gasteiger charge is -2.16. The third-order valence-corrected chi connectivity index (χ3v) is 2.64. The Morgan fingerprint density at radius 2 is 2.06 bits per heavy atom. The van der Waals surface area contributed by atoms with Gasteiger partial charge in [0.15, 0.2) is 11.5 Å². The van der Waals surface area contributed by atoms with E-state index < -0.39 is 0 Å². The zero-order chi connectivity index (χ0) is 11.5. The Labute approximate surface area is 95.3 Å². The maximum atomic E-state index is 5.90. The molecule has 0 radical (unpaired) electrons. The number of hydrogen-bond acceptors (Lipinski definition) is 4. The Morgan fingerprint density at radius 3 is 2.81 bits per heavy atom. The summed E-state index contributed by atoms with van der Waals surface area (Å²) in [6, 6.07) is 5.58. The minimum atomic E-state index is 0.0467. The zero-order valence-electron chi connectivity index (χ0n) is 9.60. The van der Waals surface area contributed by atoms with Crippen LogP contribution in [0.2, 0.25) is 0 Å². The summed E-state index contributed by atoms with van der Waals surface area (Å²) in [6.45, 7) is 4.95. The van der Waals surface area contributed by atoms with E-state index in [1.807, 2.05) is 18.2 Å². The van der Waals surface area contributed by atoms with Crippen LogP contribution in [0, 0.1) is 5.92 Å². The predicted molar refractivity (Wildman–Crippen MR) is 60.9 cm³/mol. The van der Waals surface area contributed by atoms with E-state index >= 15 is 0 Å². The fourth-order valence-corrected chi connectivity index (χ4v) is 1.35. The van der Waals surface area contributed by atoms with Crippen LogP contribution in [0.1, 0.15) is 13.8 Å². The summed E-state index contributed by atoms with van der Waals surface area (Å²) in [5, 5.41) is 0. The van der Waals surface area contributed by atoms with Gasteiger partial charge in [0, 0.05) is 12.1 Å². The van der Waals surface area contributed by atoms with Crippen LogP contribution in [0.25, 0.3) is 0 Å². The van der Waals surface area contributed by atoms with Crippen molar-refractivity contribution in [1.82, 2.24) is 0 Å². The average molecular weight is 223 g/mol. The Hall–Kier alpha value is -1.42. The molecule has 1 heterocycles. The van der Waals surface area contributed by atoms with Gasteiger partial charge in [-0.05, 0) is 18.1 Å². The molecule has 1 aromatic carbocycles. The molecule has 0 aliphatic carbocycles. The molecule has 1 aliphatic rings. The molecule has 0 fully saturated rings. The van der Waals surface area contributed by atoms with Crippen molar-refractivity contribution in [2.45, 2.75) is 19.9 Å². The fraction of sp³-hybridized carbons (Fsp3) is 0.500. The van der Waals surface area contributed by atoms with Gasteiger partial charge >= 0.3 is 0 Å². The largest absolute Gasteiger partial charge is 0.492 e. The van der Waals surface area contributed by atoms with Gasteiger partial charge in [0.05, 0.1) is 0 Å². The van der Waals surface area contributed by atoms with Gasteiger partial charge < -0.3 is 19.9 Å². The van der Waals surface area contributed by atoms with Crippen LogP contribution in [0.3, 0.4) is 0 Å². The lowest BCUT2D eigenvalue weighted by molar-refractivity contribution is 0.173. The lowest BCUT2D eigenvalue weighted by Crippen LogP contribution is -2.32. The normalized spacial score (nSPS) is 15.2. The van der Waals surface area contributed by atoms with Gasteiger partial charge in [0.25, 0.3) is 0 Å². The van der Waals surface area contributed by atoms with Gasteiger partial charge in [-0.1, -0.05) is 13.8 Å². The lowest BCUT2D eigenvalue weighted by atomic mass is 10.1. The van der Waals surface area contributed by atoms with Crippen molar-refractivity contribution in [3.05, 3.63) is 18.2 Å². The third-order valence-electron chi connectivity index (χ3n) is 2.64. The Kier molecular flexibility index (Phi) is 3.19. The Bertz CT molecular complexity index is 365. The van der Waals surface area contributed by atoms with E-state index in [-0.39, 0.29) is 12.8 Å². The number of benzene rings is 1. The first kappa shape index (κ1) is 11.1. The highest BCUT2D eigenvalue weighted by Crippen LogP contribution is 2.35. The second-order valence-corrected chi connectivity index (χ2v) is 4.23. The van der Waals surface area contributed by atoms with Crippen LogP contribution in [-0.4, -0.2) is 19.4 Å². The van der Waals surface area contributed by atoms with Crippen molar-refractivity contribution in [2.24, 2.45) is 11.7 Å². The van der Waals surface area contributed by atoms with Gasteiger partial charge in [-0.3, -0.25) is 0 Å². The van der Waals surface area contributed by atoms with Crippen LogP contribution in [0.5, 0.6) is 17.2 Å². The number of rotatable bonds is 4. The van der Waals surface area contributed by atoms with Crippen LogP contribution in [0.15, 0.2) is 18.2 Å². The standard InChI is InChI=1S/C12H17NO3/c1-8(2)10(13)6-14-9-3-4-11-12(5-9)16-7-15-11/h3-5,8,10H,6-7,13H2,1-2H3. The smallest absolute Gasteiger partial charge is 0.231 e. The summed E-state index contributed by atoms with van der Waals surface area (Å²) < 4.78 is 16.1. The molecular formula is C12H17NO3. The van der Waals surface area contributed by atoms with Crippen LogP contribution < -0.4 is 19.9 Å². The second kappa shape index (κ2) is 4.61. The maximum absolute atomic E-state index is 5.90. The molecule has 0 saturated carbocycles. The fourth-order valence-electron chi connectivity index (χ4n) is 1.35. The second-order valence-electron chi connectivity index (χ2n) is 4.23. The highest BCUT2D eigenvalue weighted by molar-refractivity contribution is 5.46. The molecule has 4 nitrogen and oxygen atoms in total. The molecule has 1 aliphatic heterocycles. The van der Waals surface area contributed by atoms with Gasteiger partial charge in [-0.25, -0.2) is 0 Å². The average Bonchev–Trinajstić information content (AvgIpc) is 2.72. The molecule has 16 heavy (non-hydrogen) atoms. The molecule has 0 saturated heterocycles. The minimum absolute atomic E-state index is 0.0467. The molecule has 88 valence electrons. The molecule has 2 N–H and O–H groups in total. The third kappa shape index (κ3) is 2.39. The van der Waals surface area contributed by atoms with Gasteiger partial charge in [-0.2, -0.15) is 0 Å². The Balaban J connectivity index is 1.95. The molecule has 0 amide bonds. The monoisotopic (exact) mass is 223 g/mol. The summed E-state index contributed by atoms with van der Waals surface area (Å²) in [7, 11) is 0. The van der Waals surface area contributed by atoms with E-state index in [1.54, 1.807) is 0 Å². The van der Waals surface area contributed by atoms with E-state index in [4.69, 9.17) is 19.9 Å². The topological polar surface area (TPSA) is 53.7 Å². The van der Waals surface area contributed by atoms with E-state index in [1.165, 1.54) is 0 Å². The number of fused-ring (bicyclic) bond motifs is 1. The number of ether oxygens (including phenoxy) is 3. The molecule has 1 atom stereocenters. The quantitative estimate of drug-likeness (QED) is 0.845. The van der Waals surface area contributed by atoms with Crippen LogP contribution in [0.4, 0.5) is 0 Å². The van der Waals surface area contributed by atoms with Crippen LogP contribution in [-0.2, 0) is 0 Å². The van der Waals surface area contributed by atoms with Crippen molar-refractivity contribution in [2.75, 3.05) is 13.4 Å². The highest BCUT2D eigenvalue weighted by atomic mass is 16.7. The molecule has 4 heteroatoms. The van der Waals surface area contributed by atoms with Crippen molar-refractivity contribution < 1.29 is 14.2 Å². The van der Waals surface area contributed by atoms with Gasteiger partial charge in [0.1, 0.15) is 12.4 Å². The van der Waals surface area contributed by atoms with E-state index in [2.05, 4.69) is 13.8 Å². The van der Waals surface area contributed by atoms with Crippen molar-refractivity contribution in [3.63, 3.8) is 0 Å². The summed E-state index contributed by atoms with van der Waals surface area (Å²) in [4.78, 5) is 0. The first-order valence-electron chi connectivity index (χ1n) is 5.45. The molecule has 2 rings (SSSR count). The molecule has 1 aromatic rings. The predicted octanol–water partition coefficient (Wildman–Crippen LogP) is 1.78. The van der Waals surface area contributed by atoms with Gasteiger partial charge in [0.2, 0.25) is 6.79 Å². The molecular weight excluding hydrogens is 206 g/mol. The Morgan fingerprint density at radius 1 is 1.31 bits per heavy atom. The molecule has 1 unspecified atom stereocenters. The van der Waals surface area contributed by atoms with E-state index in [0.717, 1.165) is 17.2 Å². The maximum Gasteiger partial charge on any atom is 0.231 e. The SMILES string of the molecule is CC(C)C(N)COc1ccc2c(c1)OCO2. The first-order chi connectivity index (χ1) is 7.66. The summed E-state index contributed by atoms with van der Waals surface area (Å²) in [5.74, 6) is 2.67. The van der Waals surface area contributed by atoms with E-state index in [9.17, 15) is 0 Å². The number of hydrogen-bond donors (Lipinski definition) is 1.